The monoisotopic (exact) mass is 466 g/mol. The lowest BCUT2D eigenvalue weighted by Crippen LogP contribution is -2.58. The summed E-state index contributed by atoms with van der Waals surface area (Å²) in [7, 11) is 0. The maximum atomic E-state index is 13.7. The summed E-state index contributed by atoms with van der Waals surface area (Å²) < 4.78 is 0. The van der Waals surface area contributed by atoms with Crippen molar-refractivity contribution in [3.8, 4) is 0 Å². The average Bonchev–Trinajstić information content (AvgIpc) is 3.52. The Balaban J connectivity index is 1.34. The van der Waals surface area contributed by atoms with E-state index in [1.165, 1.54) is 37.8 Å². The van der Waals surface area contributed by atoms with Gasteiger partial charge in [0.2, 0.25) is 11.8 Å². The summed E-state index contributed by atoms with van der Waals surface area (Å²) in [6, 6.07) is 7.48. The highest BCUT2D eigenvalue weighted by atomic mass is 35.5. The van der Waals surface area contributed by atoms with E-state index in [2.05, 4.69) is 30.1 Å². The highest BCUT2D eigenvalue weighted by Gasteiger charge is 2.60. The Morgan fingerprint density at radius 2 is 1.94 bits per heavy atom. The van der Waals surface area contributed by atoms with Gasteiger partial charge in [-0.15, -0.1) is 0 Å². The van der Waals surface area contributed by atoms with Gasteiger partial charge in [-0.2, -0.15) is 0 Å². The van der Waals surface area contributed by atoms with Gasteiger partial charge >= 0.3 is 0 Å². The lowest BCUT2D eigenvalue weighted by molar-refractivity contribution is -0.149. The minimum absolute atomic E-state index is 0.000664. The summed E-state index contributed by atoms with van der Waals surface area (Å²) in [5, 5.41) is 3.58. The van der Waals surface area contributed by atoms with Crippen molar-refractivity contribution < 1.29 is 9.59 Å². The predicted molar refractivity (Wildman–Crippen MR) is 131 cm³/mol. The van der Waals surface area contributed by atoms with Crippen LogP contribution >= 0.6 is 11.6 Å². The van der Waals surface area contributed by atoms with Gasteiger partial charge in [0.25, 0.3) is 0 Å². The van der Waals surface area contributed by atoms with Gasteiger partial charge in [-0.3, -0.25) is 9.59 Å². The fourth-order valence-corrected chi connectivity index (χ4v) is 8.40. The van der Waals surface area contributed by atoms with Crippen LogP contribution in [0, 0.1) is 34.5 Å². The first-order chi connectivity index (χ1) is 15.8. The molecular weight excluding hydrogens is 432 g/mol. The van der Waals surface area contributed by atoms with Gasteiger partial charge in [0.05, 0.1) is 0 Å². The number of piperidine rings is 1. The Labute approximate surface area is 202 Å². The van der Waals surface area contributed by atoms with E-state index in [9.17, 15) is 9.59 Å². The number of benzene rings is 1. The van der Waals surface area contributed by atoms with E-state index in [0.29, 0.717) is 34.4 Å². The van der Waals surface area contributed by atoms with Gasteiger partial charge in [-0.05, 0) is 92.7 Å². The Kier molecular flexibility index (Phi) is 5.00. The summed E-state index contributed by atoms with van der Waals surface area (Å²) in [5.74, 6) is 1.21. The average molecular weight is 467 g/mol. The Bertz CT molecular complexity index is 1030. The minimum Gasteiger partial charge on any atom is -0.325 e. The van der Waals surface area contributed by atoms with E-state index in [1.807, 2.05) is 12.1 Å². The van der Waals surface area contributed by atoms with E-state index >= 15 is 0 Å². The first kappa shape index (κ1) is 21.7. The molecule has 6 rings (SSSR count). The van der Waals surface area contributed by atoms with E-state index in [-0.39, 0.29) is 23.3 Å². The van der Waals surface area contributed by atoms with Gasteiger partial charge in [-0.25, -0.2) is 0 Å². The lowest BCUT2D eigenvalue weighted by Gasteiger charge is -2.59. The number of likely N-dealkylation sites (tertiary alicyclic amines) is 1. The van der Waals surface area contributed by atoms with Crippen molar-refractivity contribution in [2.75, 3.05) is 5.32 Å². The zero-order valence-electron chi connectivity index (χ0n) is 19.8. The molecule has 1 saturated heterocycles. The maximum absolute atomic E-state index is 13.7. The van der Waals surface area contributed by atoms with Crippen molar-refractivity contribution >= 4 is 29.1 Å². The molecule has 1 heterocycles. The summed E-state index contributed by atoms with van der Waals surface area (Å²) in [5.41, 5.74) is 2.28. The van der Waals surface area contributed by atoms with Crippen LogP contribution in [0.15, 0.2) is 36.0 Å². The molecule has 1 aromatic carbocycles. The number of hydrogen-bond acceptors (Lipinski definition) is 2. The molecule has 1 aliphatic heterocycles. The number of halogens is 1. The van der Waals surface area contributed by atoms with Crippen molar-refractivity contribution in [3.63, 3.8) is 0 Å². The molecule has 0 radical (unpaired) electrons. The van der Waals surface area contributed by atoms with Crippen molar-refractivity contribution in [3.05, 3.63) is 41.1 Å². The third-order valence-corrected chi connectivity index (χ3v) is 10.2. The third-order valence-electron chi connectivity index (χ3n) is 9.95. The topological polar surface area (TPSA) is 49.4 Å². The molecule has 0 bridgehead atoms. The zero-order valence-corrected chi connectivity index (χ0v) is 20.5. The van der Waals surface area contributed by atoms with Crippen molar-refractivity contribution in [2.24, 2.45) is 34.5 Å². The van der Waals surface area contributed by atoms with Gasteiger partial charge in [0.1, 0.15) is 5.92 Å². The molecule has 4 fully saturated rings. The fourth-order valence-electron chi connectivity index (χ4n) is 8.21. The predicted octanol–water partition coefficient (Wildman–Crippen LogP) is 6.42. The Hall–Kier alpha value is -1.81. The molecule has 1 aromatic rings. The van der Waals surface area contributed by atoms with E-state index < -0.39 is 5.92 Å². The number of carbonyl (C=O) groups excluding carboxylic acids is 2. The van der Waals surface area contributed by atoms with Crippen molar-refractivity contribution in [2.45, 2.75) is 77.7 Å². The maximum Gasteiger partial charge on any atom is 0.239 e. The molecule has 33 heavy (non-hydrogen) atoms. The first-order valence-electron chi connectivity index (χ1n) is 12.9. The summed E-state index contributed by atoms with van der Waals surface area (Å²) >= 11 is 6.13. The van der Waals surface area contributed by atoms with Crippen LogP contribution in [0.4, 0.5) is 5.69 Å². The number of nitrogens with one attached hydrogen (secondary N) is 1. The molecule has 1 unspecified atom stereocenters. The third kappa shape index (κ3) is 3.38. The van der Waals surface area contributed by atoms with Crippen LogP contribution in [-0.4, -0.2) is 22.8 Å². The van der Waals surface area contributed by atoms with E-state index in [0.717, 1.165) is 25.2 Å². The lowest BCUT2D eigenvalue weighted by atomic mass is 9.49. The summed E-state index contributed by atoms with van der Waals surface area (Å²) in [6.07, 6.45) is 12.8. The molecule has 176 valence electrons. The van der Waals surface area contributed by atoms with Crippen LogP contribution in [0.3, 0.4) is 0 Å². The van der Waals surface area contributed by atoms with Gasteiger partial charge in [0.15, 0.2) is 0 Å². The Morgan fingerprint density at radius 3 is 2.70 bits per heavy atom. The SMILES string of the molecule is C[C@@]12CCC[C@H]1[C@@H]1CC=C3N(C4CC4)C(=O)C(C(=O)Nc4cccc(Cl)c4)C[C@]3(C)[C@@H]1CC2. The number of rotatable bonds is 3. The fraction of sp³-hybridized carbons (Fsp3) is 0.643. The second-order valence-corrected chi connectivity index (χ2v) is 12.3. The molecule has 0 aromatic heterocycles. The number of hydrogen-bond donors (Lipinski definition) is 1. The summed E-state index contributed by atoms with van der Waals surface area (Å²) in [4.78, 5) is 29.2. The molecule has 5 aliphatic rings. The minimum atomic E-state index is -0.637. The van der Waals surface area contributed by atoms with Gasteiger partial charge < -0.3 is 10.2 Å². The number of anilines is 1. The van der Waals surface area contributed by atoms with Crippen LogP contribution in [0.5, 0.6) is 0 Å². The molecule has 4 nitrogen and oxygen atoms in total. The molecule has 1 N–H and O–H groups in total. The number of amides is 2. The zero-order chi connectivity index (χ0) is 23.0. The molecule has 5 heteroatoms. The van der Waals surface area contributed by atoms with Crippen LogP contribution < -0.4 is 5.32 Å². The van der Waals surface area contributed by atoms with Crippen molar-refractivity contribution in [1.29, 1.82) is 0 Å². The van der Waals surface area contributed by atoms with E-state index in [4.69, 9.17) is 11.6 Å². The van der Waals surface area contributed by atoms with Crippen LogP contribution in [-0.2, 0) is 9.59 Å². The van der Waals surface area contributed by atoms with Crippen LogP contribution in [0.25, 0.3) is 0 Å². The second-order valence-electron chi connectivity index (χ2n) is 11.9. The highest BCUT2D eigenvalue weighted by molar-refractivity contribution is 6.30. The molecule has 2 amide bonds. The number of carbonyl (C=O) groups is 2. The number of fused-ring (bicyclic) bond motifs is 5. The molecule has 0 spiro atoms. The van der Waals surface area contributed by atoms with E-state index in [1.54, 1.807) is 12.1 Å². The largest absolute Gasteiger partial charge is 0.325 e. The normalized spacial score (nSPS) is 39.9. The molecule has 6 atom stereocenters. The first-order valence-corrected chi connectivity index (χ1v) is 13.3. The quantitative estimate of drug-likeness (QED) is 0.523. The number of nitrogens with zero attached hydrogens (tertiary/aromatic N) is 1. The highest BCUT2D eigenvalue weighted by Crippen LogP contribution is 2.65. The molecule has 4 aliphatic carbocycles. The number of allylic oxidation sites excluding steroid dienone is 2. The summed E-state index contributed by atoms with van der Waals surface area (Å²) in [6.45, 7) is 4.89. The van der Waals surface area contributed by atoms with Crippen LogP contribution in [0.1, 0.15) is 71.6 Å². The molecular formula is C28H35ClN2O2. The van der Waals surface area contributed by atoms with Gasteiger partial charge in [0, 0.05) is 27.9 Å². The standard InChI is InChI=1S/C28H35ClN2O2/c1-27-13-4-7-22(27)20-10-11-24-28(2,23(20)12-14-27)16-21(26(33)31(24)19-8-9-19)25(32)30-18-6-3-5-17(29)15-18/h3,5-6,11,15,19-23H,4,7-10,12-14,16H2,1-2H3,(H,30,32)/t20-,21?,22-,23+,27-,28+/m0/s1. The smallest absolute Gasteiger partial charge is 0.239 e. The van der Waals surface area contributed by atoms with Crippen LogP contribution in [0.2, 0.25) is 5.02 Å². The van der Waals surface area contributed by atoms with Crippen molar-refractivity contribution in [1.82, 2.24) is 4.90 Å². The van der Waals surface area contributed by atoms with Gasteiger partial charge in [-0.1, -0.05) is 44.0 Å². The second kappa shape index (κ2) is 7.60. The Morgan fingerprint density at radius 1 is 1.12 bits per heavy atom. The molecule has 3 saturated carbocycles.